The Morgan fingerprint density at radius 3 is 2.87 bits per heavy atom. The van der Waals surface area contributed by atoms with Crippen molar-refractivity contribution in [2.24, 2.45) is 5.92 Å². The first-order valence-electron chi connectivity index (χ1n) is 5.45. The number of nitrogens with zero attached hydrogens (tertiary/aromatic N) is 1. The summed E-state index contributed by atoms with van der Waals surface area (Å²) in [6, 6.07) is 3.94. The average molecular weight is 226 g/mol. The van der Waals surface area contributed by atoms with Crippen molar-refractivity contribution in [1.82, 2.24) is 4.98 Å². The van der Waals surface area contributed by atoms with E-state index >= 15 is 0 Å². The Bertz CT molecular complexity index is 336. The third-order valence-corrected chi connectivity index (χ3v) is 3.15. The van der Waals surface area contributed by atoms with Crippen molar-refractivity contribution in [3.8, 4) is 5.75 Å². The topological polar surface area (TPSA) is 22.1 Å². The number of alkyl halides is 1. The smallest absolute Gasteiger partial charge is 0.142 e. The van der Waals surface area contributed by atoms with E-state index in [-0.39, 0.29) is 0 Å². The summed E-state index contributed by atoms with van der Waals surface area (Å²) in [4.78, 5) is 4.36. The number of ether oxygens (including phenoxy) is 1. The summed E-state index contributed by atoms with van der Waals surface area (Å²) in [5.74, 6) is 2.01. The van der Waals surface area contributed by atoms with Crippen LogP contribution in [0.5, 0.6) is 5.75 Å². The molecule has 2 nitrogen and oxygen atoms in total. The minimum absolute atomic E-state index is 0.418. The Kier molecular flexibility index (Phi) is 3.47. The van der Waals surface area contributed by atoms with Gasteiger partial charge < -0.3 is 4.74 Å². The molecule has 15 heavy (non-hydrogen) atoms. The highest BCUT2D eigenvalue weighted by atomic mass is 35.5. The lowest BCUT2D eigenvalue weighted by Gasteiger charge is -2.25. The van der Waals surface area contributed by atoms with Crippen LogP contribution in [-0.4, -0.2) is 11.6 Å². The van der Waals surface area contributed by atoms with Gasteiger partial charge >= 0.3 is 0 Å². The number of aromatic nitrogens is 1. The summed E-state index contributed by atoms with van der Waals surface area (Å²) in [5.41, 5.74) is 1.85. The first-order valence-corrected chi connectivity index (χ1v) is 5.98. The minimum Gasteiger partial charge on any atom is -0.491 e. The first-order chi connectivity index (χ1) is 7.29. The molecule has 0 amide bonds. The zero-order valence-corrected chi connectivity index (χ0v) is 9.76. The van der Waals surface area contributed by atoms with Gasteiger partial charge in [-0.15, -0.1) is 11.6 Å². The average Bonchev–Trinajstić information content (AvgIpc) is 2.17. The highest BCUT2D eigenvalue weighted by Gasteiger charge is 2.18. The van der Waals surface area contributed by atoms with Gasteiger partial charge in [0.15, 0.2) is 0 Å². The van der Waals surface area contributed by atoms with Crippen LogP contribution in [-0.2, 0) is 5.88 Å². The number of rotatable bonds is 4. The third kappa shape index (κ3) is 2.63. The van der Waals surface area contributed by atoms with Crippen LogP contribution in [0.2, 0.25) is 0 Å². The van der Waals surface area contributed by atoms with Gasteiger partial charge in [-0.2, -0.15) is 0 Å². The number of aryl methyl sites for hydroxylation is 1. The van der Waals surface area contributed by atoms with Crippen LogP contribution in [0.1, 0.15) is 30.7 Å². The summed E-state index contributed by atoms with van der Waals surface area (Å²) in [6.45, 7) is 2.78. The molecule has 0 atom stereocenters. The second-order valence-electron chi connectivity index (χ2n) is 4.14. The van der Waals surface area contributed by atoms with Gasteiger partial charge in [0.25, 0.3) is 0 Å². The summed E-state index contributed by atoms with van der Waals surface area (Å²) >= 11 is 5.82. The highest BCUT2D eigenvalue weighted by molar-refractivity contribution is 6.17. The van der Waals surface area contributed by atoms with Crippen LogP contribution >= 0.6 is 11.6 Å². The molecule has 0 N–H and O–H groups in total. The predicted molar refractivity (Wildman–Crippen MR) is 61.4 cm³/mol. The van der Waals surface area contributed by atoms with Gasteiger partial charge in [-0.1, -0.05) is 6.42 Å². The summed E-state index contributed by atoms with van der Waals surface area (Å²) < 4.78 is 5.74. The Morgan fingerprint density at radius 1 is 1.47 bits per heavy atom. The van der Waals surface area contributed by atoms with Crippen LogP contribution in [0.4, 0.5) is 0 Å². The third-order valence-electron chi connectivity index (χ3n) is 2.90. The molecule has 1 aromatic rings. The zero-order chi connectivity index (χ0) is 10.7. The van der Waals surface area contributed by atoms with Crippen LogP contribution in [0.3, 0.4) is 0 Å². The molecule has 1 fully saturated rings. The molecule has 0 saturated heterocycles. The van der Waals surface area contributed by atoms with Crippen molar-refractivity contribution in [3.05, 3.63) is 23.5 Å². The molecule has 1 aliphatic carbocycles. The minimum atomic E-state index is 0.418. The van der Waals surface area contributed by atoms with E-state index in [0.29, 0.717) is 5.88 Å². The molecule has 0 aromatic carbocycles. The maximum atomic E-state index is 5.82. The van der Waals surface area contributed by atoms with Crippen molar-refractivity contribution in [3.63, 3.8) is 0 Å². The fraction of sp³-hybridized carbons (Fsp3) is 0.583. The van der Waals surface area contributed by atoms with Gasteiger partial charge in [-0.3, -0.25) is 4.98 Å². The summed E-state index contributed by atoms with van der Waals surface area (Å²) in [6.07, 6.45) is 3.95. The van der Waals surface area contributed by atoms with E-state index < -0.39 is 0 Å². The van der Waals surface area contributed by atoms with Crippen LogP contribution in [0.25, 0.3) is 0 Å². The molecule has 0 spiro atoms. The summed E-state index contributed by atoms with van der Waals surface area (Å²) in [7, 11) is 0. The fourth-order valence-corrected chi connectivity index (χ4v) is 1.88. The molecular weight excluding hydrogens is 210 g/mol. The van der Waals surface area contributed by atoms with Gasteiger partial charge in [0.2, 0.25) is 0 Å². The van der Waals surface area contributed by atoms with E-state index in [1.165, 1.54) is 19.3 Å². The Balaban J connectivity index is 1.99. The highest BCUT2D eigenvalue weighted by Crippen LogP contribution is 2.28. The molecule has 0 aliphatic heterocycles. The first kappa shape index (κ1) is 10.7. The fourth-order valence-electron chi connectivity index (χ4n) is 1.69. The molecule has 1 heterocycles. The molecule has 3 heteroatoms. The normalized spacial score (nSPS) is 16.1. The second kappa shape index (κ2) is 4.84. The lowest BCUT2D eigenvalue weighted by Crippen LogP contribution is -2.19. The lowest BCUT2D eigenvalue weighted by molar-refractivity contribution is 0.179. The van der Waals surface area contributed by atoms with E-state index in [2.05, 4.69) is 4.98 Å². The number of halogens is 1. The molecule has 1 aromatic heterocycles. The summed E-state index contributed by atoms with van der Waals surface area (Å²) in [5, 5.41) is 0. The Labute approximate surface area is 95.6 Å². The van der Waals surface area contributed by atoms with Crippen LogP contribution < -0.4 is 4.74 Å². The molecule has 0 radical (unpaired) electrons. The van der Waals surface area contributed by atoms with E-state index in [9.17, 15) is 0 Å². The van der Waals surface area contributed by atoms with Gasteiger partial charge in [0.05, 0.1) is 18.2 Å². The van der Waals surface area contributed by atoms with Crippen molar-refractivity contribution < 1.29 is 4.74 Å². The van der Waals surface area contributed by atoms with Crippen molar-refractivity contribution >= 4 is 11.6 Å². The van der Waals surface area contributed by atoms with E-state index in [1.54, 1.807) is 0 Å². The van der Waals surface area contributed by atoms with E-state index in [4.69, 9.17) is 16.3 Å². The number of pyridine rings is 1. The monoisotopic (exact) mass is 225 g/mol. The van der Waals surface area contributed by atoms with Crippen molar-refractivity contribution in [2.75, 3.05) is 6.61 Å². The Hall–Kier alpha value is -0.760. The standard InChI is InChI=1S/C12H16ClNO/c1-9-5-6-12(11(7-13)14-9)15-8-10-3-2-4-10/h5-6,10H,2-4,7-8H2,1H3. The molecule has 1 aliphatic rings. The maximum Gasteiger partial charge on any atom is 0.142 e. The van der Waals surface area contributed by atoms with Gasteiger partial charge in [0, 0.05) is 5.69 Å². The van der Waals surface area contributed by atoms with Gasteiger partial charge in [-0.05, 0) is 37.8 Å². The second-order valence-corrected chi connectivity index (χ2v) is 4.41. The van der Waals surface area contributed by atoms with Crippen LogP contribution in [0.15, 0.2) is 12.1 Å². The predicted octanol–water partition coefficient (Wildman–Crippen LogP) is 3.31. The molecule has 0 unspecified atom stereocenters. The van der Waals surface area contributed by atoms with Crippen molar-refractivity contribution in [2.45, 2.75) is 32.1 Å². The number of hydrogen-bond donors (Lipinski definition) is 0. The van der Waals surface area contributed by atoms with E-state index in [0.717, 1.165) is 29.7 Å². The quantitative estimate of drug-likeness (QED) is 0.734. The largest absolute Gasteiger partial charge is 0.491 e. The zero-order valence-electron chi connectivity index (χ0n) is 9.00. The van der Waals surface area contributed by atoms with Gasteiger partial charge in [0.1, 0.15) is 5.75 Å². The number of hydrogen-bond acceptors (Lipinski definition) is 2. The lowest BCUT2D eigenvalue weighted by atomic mass is 9.86. The SMILES string of the molecule is Cc1ccc(OCC2CCC2)c(CCl)n1. The van der Waals surface area contributed by atoms with Crippen molar-refractivity contribution in [1.29, 1.82) is 0 Å². The molecule has 82 valence electrons. The molecule has 2 rings (SSSR count). The Morgan fingerprint density at radius 2 is 2.27 bits per heavy atom. The molecular formula is C12H16ClNO. The molecule has 1 saturated carbocycles. The van der Waals surface area contributed by atoms with Gasteiger partial charge in [-0.25, -0.2) is 0 Å². The maximum absolute atomic E-state index is 5.82. The van der Waals surface area contributed by atoms with E-state index in [1.807, 2.05) is 19.1 Å². The molecule has 0 bridgehead atoms. The van der Waals surface area contributed by atoms with Crippen LogP contribution in [0, 0.1) is 12.8 Å².